The summed E-state index contributed by atoms with van der Waals surface area (Å²) in [6.45, 7) is 7.31. The van der Waals surface area contributed by atoms with Crippen molar-refractivity contribution in [2.24, 2.45) is 5.41 Å². The summed E-state index contributed by atoms with van der Waals surface area (Å²) < 4.78 is 7.26. The quantitative estimate of drug-likeness (QED) is 0.754. The molecule has 3 heterocycles. The fourth-order valence-corrected chi connectivity index (χ4v) is 3.45. The highest BCUT2D eigenvalue weighted by atomic mass is 35.5. The summed E-state index contributed by atoms with van der Waals surface area (Å²) in [7, 11) is 1.72. The Morgan fingerprint density at radius 1 is 1.33 bits per heavy atom. The first-order chi connectivity index (χ1) is 12.0. The van der Waals surface area contributed by atoms with Crippen LogP contribution in [0.2, 0.25) is 0 Å². The number of pyridine rings is 1. The van der Waals surface area contributed by atoms with Gasteiger partial charge in [0.05, 0.1) is 18.4 Å². The van der Waals surface area contributed by atoms with Crippen molar-refractivity contribution in [1.82, 2.24) is 25.4 Å². The molecule has 1 fully saturated rings. The van der Waals surface area contributed by atoms with Crippen molar-refractivity contribution in [2.75, 3.05) is 33.4 Å². The van der Waals surface area contributed by atoms with Crippen LogP contribution in [0.3, 0.4) is 0 Å². The zero-order valence-electron chi connectivity index (χ0n) is 16.0. The highest BCUT2D eigenvalue weighted by Gasteiger charge is 2.32. The number of carbonyl (C=O) groups is 1. The lowest BCUT2D eigenvalue weighted by Crippen LogP contribution is -2.47. The molecule has 3 rings (SSSR count). The fourth-order valence-electron chi connectivity index (χ4n) is 3.45. The molecule has 0 saturated carbocycles. The summed E-state index contributed by atoms with van der Waals surface area (Å²) in [5.74, 6) is -0.0966. The van der Waals surface area contributed by atoms with Crippen molar-refractivity contribution in [2.45, 2.75) is 32.7 Å². The second kappa shape index (κ2) is 10.2. The number of methoxy groups -OCH3 is 1. The van der Waals surface area contributed by atoms with Crippen LogP contribution in [0.5, 0.6) is 0 Å². The van der Waals surface area contributed by atoms with Gasteiger partial charge in [-0.15, -0.1) is 24.8 Å². The monoisotopic (exact) mass is 417 g/mol. The number of hydrogen-bond acceptors (Lipinski definition) is 5. The Morgan fingerprint density at radius 3 is 2.67 bits per heavy atom. The van der Waals surface area contributed by atoms with Gasteiger partial charge in [-0.3, -0.25) is 4.79 Å². The Bertz CT molecular complexity index is 739. The maximum atomic E-state index is 12.6. The van der Waals surface area contributed by atoms with E-state index in [4.69, 9.17) is 4.74 Å². The van der Waals surface area contributed by atoms with E-state index in [0.29, 0.717) is 18.7 Å². The van der Waals surface area contributed by atoms with Gasteiger partial charge in [0.25, 0.3) is 5.91 Å². The van der Waals surface area contributed by atoms with Crippen molar-refractivity contribution in [3.63, 3.8) is 0 Å². The van der Waals surface area contributed by atoms with Crippen LogP contribution in [-0.4, -0.2) is 54.0 Å². The molecule has 0 atom stereocenters. The summed E-state index contributed by atoms with van der Waals surface area (Å²) in [5, 5.41) is 11.7. The minimum absolute atomic E-state index is 0. The van der Waals surface area contributed by atoms with Crippen LogP contribution in [0.25, 0.3) is 11.0 Å². The maximum absolute atomic E-state index is 12.6. The minimum Gasteiger partial charge on any atom is -0.384 e. The Hall–Kier alpha value is -1.41. The van der Waals surface area contributed by atoms with Crippen LogP contribution in [0.1, 0.15) is 43.1 Å². The Balaban J connectivity index is 0.00000182. The normalized spacial score (nSPS) is 15.9. The molecule has 0 bridgehead atoms. The van der Waals surface area contributed by atoms with E-state index in [1.54, 1.807) is 19.5 Å². The SMILES string of the molecule is COCC1(CNC(=O)c2cnc3c(cnn3C(C)C)c2)CCNCC1.Cl.Cl. The van der Waals surface area contributed by atoms with Crippen LogP contribution < -0.4 is 10.6 Å². The number of aromatic nitrogens is 3. The number of halogens is 2. The molecule has 1 amide bonds. The van der Waals surface area contributed by atoms with E-state index in [2.05, 4.69) is 34.6 Å². The maximum Gasteiger partial charge on any atom is 0.252 e. The molecular weight excluding hydrogens is 389 g/mol. The number of rotatable bonds is 6. The predicted molar refractivity (Wildman–Crippen MR) is 111 cm³/mol. The molecule has 2 aromatic rings. The number of piperidine rings is 1. The second-order valence-electron chi connectivity index (χ2n) is 7.19. The minimum atomic E-state index is -0.0966. The standard InChI is InChI=1S/C18H27N5O2.2ClH/c1-13(2)23-16-14(10-22-23)8-15(9-20-16)17(24)21-11-18(12-25-3)4-6-19-7-5-18;;/h8-10,13,19H,4-7,11-12H2,1-3H3,(H,21,24);2*1H. The van der Waals surface area contributed by atoms with E-state index in [0.717, 1.165) is 37.0 Å². The number of carbonyl (C=O) groups excluding carboxylic acids is 1. The van der Waals surface area contributed by atoms with Crippen molar-refractivity contribution in [1.29, 1.82) is 0 Å². The third-order valence-electron chi connectivity index (χ3n) is 4.92. The molecule has 27 heavy (non-hydrogen) atoms. The van der Waals surface area contributed by atoms with Crippen molar-refractivity contribution in [3.05, 3.63) is 24.0 Å². The van der Waals surface area contributed by atoms with E-state index in [1.165, 1.54) is 0 Å². The van der Waals surface area contributed by atoms with Crippen molar-refractivity contribution in [3.8, 4) is 0 Å². The molecule has 1 aliphatic heterocycles. The van der Waals surface area contributed by atoms with Gasteiger partial charge < -0.3 is 15.4 Å². The average Bonchev–Trinajstić information content (AvgIpc) is 3.04. The van der Waals surface area contributed by atoms with E-state index in [9.17, 15) is 4.79 Å². The van der Waals surface area contributed by atoms with Crippen LogP contribution in [0.15, 0.2) is 18.5 Å². The van der Waals surface area contributed by atoms with Crippen LogP contribution >= 0.6 is 24.8 Å². The summed E-state index contributed by atoms with van der Waals surface area (Å²) in [6.07, 6.45) is 5.39. The van der Waals surface area contributed by atoms with Crippen LogP contribution in [0.4, 0.5) is 0 Å². The zero-order chi connectivity index (χ0) is 17.9. The molecule has 0 aromatic carbocycles. The summed E-state index contributed by atoms with van der Waals surface area (Å²) >= 11 is 0. The lowest BCUT2D eigenvalue weighted by Gasteiger charge is -2.37. The van der Waals surface area contributed by atoms with Gasteiger partial charge in [0, 0.05) is 36.7 Å². The third kappa shape index (κ3) is 5.31. The first kappa shape index (κ1) is 23.6. The molecule has 0 aliphatic carbocycles. The number of amides is 1. The molecule has 152 valence electrons. The van der Waals surface area contributed by atoms with Gasteiger partial charge in [-0.2, -0.15) is 5.10 Å². The Kier molecular flexibility index (Phi) is 8.94. The molecule has 2 aromatic heterocycles. The van der Waals surface area contributed by atoms with Gasteiger partial charge in [0.2, 0.25) is 0 Å². The number of hydrogen-bond donors (Lipinski definition) is 2. The van der Waals surface area contributed by atoms with Gasteiger partial charge in [-0.25, -0.2) is 9.67 Å². The molecule has 2 N–H and O–H groups in total. The molecule has 7 nitrogen and oxygen atoms in total. The van der Waals surface area contributed by atoms with Crippen molar-refractivity contribution >= 4 is 41.8 Å². The van der Waals surface area contributed by atoms with E-state index >= 15 is 0 Å². The van der Waals surface area contributed by atoms with Gasteiger partial charge in [-0.05, 0) is 45.8 Å². The highest BCUT2D eigenvalue weighted by molar-refractivity contribution is 5.96. The Morgan fingerprint density at radius 2 is 2.04 bits per heavy atom. The number of nitrogens with zero attached hydrogens (tertiary/aromatic N) is 3. The molecule has 0 radical (unpaired) electrons. The smallest absolute Gasteiger partial charge is 0.252 e. The van der Waals surface area contributed by atoms with Crippen LogP contribution in [0, 0.1) is 5.41 Å². The first-order valence-electron chi connectivity index (χ1n) is 8.86. The van der Waals surface area contributed by atoms with Crippen molar-refractivity contribution < 1.29 is 9.53 Å². The molecule has 0 spiro atoms. The number of nitrogens with one attached hydrogen (secondary N) is 2. The number of fused-ring (bicyclic) bond motifs is 1. The lowest BCUT2D eigenvalue weighted by atomic mass is 9.79. The van der Waals surface area contributed by atoms with E-state index < -0.39 is 0 Å². The second-order valence-corrected chi connectivity index (χ2v) is 7.19. The van der Waals surface area contributed by atoms with Gasteiger partial charge in [0.15, 0.2) is 5.65 Å². The lowest BCUT2D eigenvalue weighted by molar-refractivity contribution is 0.0511. The molecule has 9 heteroatoms. The highest BCUT2D eigenvalue weighted by Crippen LogP contribution is 2.28. The Labute approximate surface area is 172 Å². The van der Waals surface area contributed by atoms with Gasteiger partial charge in [0.1, 0.15) is 0 Å². The van der Waals surface area contributed by atoms with Gasteiger partial charge in [-0.1, -0.05) is 0 Å². The average molecular weight is 418 g/mol. The zero-order valence-corrected chi connectivity index (χ0v) is 17.7. The summed E-state index contributed by atoms with van der Waals surface area (Å²) in [5.41, 5.74) is 1.38. The summed E-state index contributed by atoms with van der Waals surface area (Å²) in [4.78, 5) is 17.0. The number of ether oxygens (including phenoxy) is 1. The van der Waals surface area contributed by atoms with E-state index in [1.807, 2.05) is 10.7 Å². The molecule has 0 unspecified atom stereocenters. The topological polar surface area (TPSA) is 81.1 Å². The largest absolute Gasteiger partial charge is 0.384 e. The molecular formula is C18H29Cl2N5O2. The first-order valence-corrected chi connectivity index (χ1v) is 8.86. The van der Waals surface area contributed by atoms with E-state index in [-0.39, 0.29) is 42.2 Å². The fraction of sp³-hybridized carbons (Fsp3) is 0.611. The predicted octanol–water partition coefficient (Wildman–Crippen LogP) is 2.60. The molecule has 1 aliphatic rings. The van der Waals surface area contributed by atoms with Gasteiger partial charge >= 0.3 is 0 Å². The van der Waals surface area contributed by atoms with Crippen LogP contribution in [-0.2, 0) is 4.74 Å². The molecule has 1 saturated heterocycles. The summed E-state index contributed by atoms with van der Waals surface area (Å²) in [6, 6.07) is 2.09. The third-order valence-corrected chi connectivity index (χ3v) is 4.92.